The predicted octanol–water partition coefficient (Wildman–Crippen LogP) is 4.90. The number of benzene rings is 2. The number of hydrogen-bond acceptors (Lipinski definition) is 2. The first-order valence-electron chi connectivity index (χ1n) is 7.28. The van der Waals surface area contributed by atoms with Gasteiger partial charge in [-0.2, -0.15) is 0 Å². The topological polar surface area (TPSA) is 17.0 Å². The van der Waals surface area contributed by atoms with Gasteiger partial charge in [0.1, 0.15) is 0 Å². The number of aryl methyl sites for hydroxylation is 1. The van der Waals surface area contributed by atoms with E-state index >= 15 is 0 Å². The summed E-state index contributed by atoms with van der Waals surface area (Å²) in [5.41, 5.74) is 3.84. The molecule has 108 valence electrons. The normalized spacial score (nSPS) is 11.0. The molecule has 21 heavy (non-hydrogen) atoms. The largest absolute Gasteiger partial charge is 0.380 e. The van der Waals surface area contributed by atoms with Gasteiger partial charge >= 0.3 is 0 Å². The van der Waals surface area contributed by atoms with E-state index in [1.807, 2.05) is 11.8 Å². The number of nitrogens with zero attached hydrogens (tertiary/aromatic N) is 1. The van der Waals surface area contributed by atoms with Crippen LogP contribution in [0.25, 0.3) is 10.9 Å². The van der Waals surface area contributed by atoms with Gasteiger partial charge in [-0.3, -0.25) is 0 Å². The zero-order chi connectivity index (χ0) is 14.7. The van der Waals surface area contributed by atoms with E-state index in [2.05, 4.69) is 78.6 Å². The summed E-state index contributed by atoms with van der Waals surface area (Å²) in [5.74, 6) is 1.09. The first kappa shape index (κ1) is 14.1. The van der Waals surface area contributed by atoms with Crippen LogP contribution in [0.3, 0.4) is 0 Å². The monoisotopic (exact) mass is 296 g/mol. The summed E-state index contributed by atoms with van der Waals surface area (Å²) in [4.78, 5) is 1.32. The molecule has 0 spiro atoms. The maximum Gasteiger partial charge on any atom is 0.0481 e. The quantitative estimate of drug-likeness (QED) is 0.674. The fourth-order valence-corrected chi connectivity index (χ4v) is 3.43. The number of aromatic nitrogens is 1. The molecule has 3 aromatic rings. The molecule has 3 heteroatoms. The van der Waals surface area contributed by atoms with Gasteiger partial charge < -0.3 is 9.88 Å². The van der Waals surface area contributed by atoms with Gasteiger partial charge in [0.15, 0.2) is 0 Å². The minimum Gasteiger partial charge on any atom is -0.380 e. The van der Waals surface area contributed by atoms with E-state index in [9.17, 15) is 0 Å². The highest BCUT2D eigenvalue weighted by atomic mass is 32.2. The number of thioether (sulfide) groups is 1. The van der Waals surface area contributed by atoms with Crippen LogP contribution in [-0.2, 0) is 13.6 Å². The van der Waals surface area contributed by atoms with Crippen molar-refractivity contribution in [2.45, 2.75) is 18.4 Å². The Morgan fingerprint density at radius 1 is 1.05 bits per heavy atom. The molecule has 0 unspecified atom stereocenters. The van der Waals surface area contributed by atoms with Crippen LogP contribution in [0.5, 0.6) is 0 Å². The first-order chi connectivity index (χ1) is 10.3. The molecule has 1 heterocycles. The van der Waals surface area contributed by atoms with E-state index in [0.29, 0.717) is 0 Å². The van der Waals surface area contributed by atoms with E-state index in [4.69, 9.17) is 0 Å². The maximum absolute atomic E-state index is 3.59. The number of para-hydroxylation sites is 2. The van der Waals surface area contributed by atoms with Crippen LogP contribution in [0.15, 0.2) is 59.6 Å². The van der Waals surface area contributed by atoms with Crippen LogP contribution in [0.1, 0.15) is 12.5 Å². The van der Waals surface area contributed by atoms with Gasteiger partial charge in [-0.05, 0) is 29.5 Å². The molecule has 0 aliphatic heterocycles. The zero-order valence-corrected chi connectivity index (χ0v) is 13.3. The van der Waals surface area contributed by atoms with Crippen molar-refractivity contribution in [3.63, 3.8) is 0 Å². The van der Waals surface area contributed by atoms with E-state index in [1.54, 1.807) is 0 Å². The zero-order valence-electron chi connectivity index (χ0n) is 12.5. The summed E-state index contributed by atoms with van der Waals surface area (Å²) in [6.07, 6.45) is 2.22. The van der Waals surface area contributed by atoms with E-state index in [1.165, 1.54) is 27.0 Å². The average Bonchev–Trinajstić information content (AvgIpc) is 2.84. The Morgan fingerprint density at radius 2 is 1.81 bits per heavy atom. The molecular formula is C18H20N2S. The Bertz CT molecular complexity index is 746. The molecule has 1 N–H and O–H groups in total. The Balaban J connectivity index is 1.84. The molecular weight excluding hydrogens is 276 g/mol. The van der Waals surface area contributed by atoms with Gasteiger partial charge in [0.05, 0.1) is 0 Å². The highest BCUT2D eigenvalue weighted by Gasteiger charge is 2.07. The SMILES string of the molecule is CCSc1ccccc1NCc1cn(C)c2ccccc12. The Kier molecular flexibility index (Phi) is 4.20. The van der Waals surface area contributed by atoms with Crippen LogP contribution in [0.2, 0.25) is 0 Å². The summed E-state index contributed by atoms with van der Waals surface area (Å²) >= 11 is 1.88. The summed E-state index contributed by atoms with van der Waals surface area (Å²) in [6.45, 7) is 3.04. The van der Waals surface area contributed by atoms with Gasteiger partial charge in [0.25, 0.3) is 0 Å². The summed E-state index contributed by atoms with van der Waals surface area (Å²) in [6, 6.07) is 17.1. The van der Waals surface area contributed by atoms with Crippen molar-refractivity contribution >= 4 is 28.4 Å². The van der Waals surface area contributed by atoms with Crippen molar-refractivity contribution in [2.75, 3.05) is 11.1 Å². The molecule has 0 aliphatic rings. The van der Waals surface area contributed by atoms with Gasteiger partial charge in [0.2, 0.25) is 0 Å². The van der Waals surface area contributed by atoms with Crippen molar-refractivity contribution in [2.24, 2.45) is 7.05 Å². The fraction of sp³-hybridized carbons (Fsp3) is 0.222. The molecule has 0 radical (unpaired) electrons. The van der Waals surface area contributed by atoms with Crippen molar-refractivity contribution in [1.82, 2.24) is 4.57 Å². The lowest BCUT2D eigenvalue weighted by Crippen LogP contribution is -2.00. The lowest BCUT2D eigenvalue weighted by Gasteiger charge is -2.10. The number of fused-ring (bicyclic) bond motifs is 1. The number of anilines is 1. The van der Waals surface area contributed by atoms with Crippen molar-refractivity contribution in [1.29, 1.82) is 0 Å². The minimum absolute atomic E-state index is 0.850. The second kappa shape index (κ2) is 6.27. The third-order valence-corrected chi connectivity index (χ3v) is 4.59. The summed E-state index contributed by atoms with van der Waals surface area (Å²) in [7, 11) is 2.10. The van der Waals surface area contributed by atoms with Gasteiger partial charge in [-0.15, -0.1) is 11.8 Å². The highest BCUT2D eigenvalue weighted by molar-refractivity contribution is 7.99. The highest BCUT2D eigenvalue weighted by Crippen LogP contribution is 2.28. The molecule has 2 nitrogen and oxygen atoms in total. The van der Waals surface area contributed by atoms with Gasteiger partial charge in [-0.25, -0.2) is 0 Å². The molecule has 0 bridgehead atoms. The second-order valence-electron chi connectivity index (χ2n) is 5.07. The lowest BCUT2D eigenvalue weighted by molar-refractivity contribution is 0.955. The Morgan fingerprint density at radius 3 is 2.67 bits per heavy atom. The molecule has 0 saturated carbocycles. The molecule has 0 amide bonds. The second-order valence-corrected chi connectivity index (χ2v) is 6.37. The van der Waals surface area contributed by atoms with E-state index in [0.717, 1.165) is 12.3 Å². The van der Waals surface area contributed by atoms with Crippen LogP contribution in [0.4, 0.5) is 5.69 Å². The molecule has 0 saturated heterocycles. The van der Waals surface area contributed by atoms with Gasteiger partial charge in [-0.1, -0.05) is 37.3 Å². The molecule has 3 rings (SSSR count). The smallest absolute Gasteiger partial charge is 0.0481 e. The fourth-order valence-electron chi connectivity index (χ4n) is 2.65. The van der Waals surface area contributed by atoms with Crippen molar-refractivity contribution < 1.29 is 0 Å². The summed E-state index contributed by atoms with van der Waals surface area (Å²) in [5, 5.41) is 4.91. The third-order valence-electron chi connectivity index (χ3n) is 3.64. The maximum atomic E-state index is 3.59. The van der Waals surface area contributed by atoms with Crippen molar-refractivity contribution in [3.8, 4) is 0 Å². The summed E-state index contributed by atoms with van der Waals surface area (Å²) < 4.78 is 2.19. The predicted molar refractivity (Wildman–Crippen MR) is 93.1 cm³/mol. The van der Waals surface area contributed by atoms with Crippen LogP contribution < -0.4 is 5.32 Å². The van der Waals surface area contributed by atoms with Crippen molar-refractivity contribution in [3.05, 3.63) is 60.3 Å². The van der Waals surface area contributed by atoms with Gasteiger partial charge in [0, 0.05) is 41.3 Å². The third kappa shape index (κ3) is 2.93. The Hall–Kier alpha value is -1.87. The standard InChI is InChI=1S/C18H20N2S/c1-3-21-18-11-7-5-9-16(18)19-12-14-13-20(2)17-10-6-4-8-15(14)17/h4-11,13,19H,3,12H2,1-2H3. The van der Waals surface area contributed by atoms with Crippen LogP contribution in [-0.4, -0.2) is 10.3 Å². The molecule has 2 aromatic carbocycles. The Labute approximate surface area is 130 Å². The van der Waals surface area contributed by atoms with E-state index < -0.39 is 0 Å². The molecule has 0 fully saturated rings. The average molecular weight is 296 g/mol. The number of hydrogen-bond donors (Lipinski definition) is 1. The number of nitrogens with one attached hydrogen (secondary N) is 1. The molecule has 0 atom stereocenters. The number of rotatable bonds is 5. The van der Waals surface area contributed by atoms with Crippen LogP contribution >= 0.6 is 11.8 Å². The lowest BCUT2D eigenvalue weighted by atomic mass is 10.2. The molecule has 1 aromatic heterocycles. The van der Waals surface area contributed by atoms with E-state index in [-0.39, 0.29) is 0 Å². The minimum atomic E-state index is 0.850. The molecule has 0 aliphatic carbocycles. The van der Waals surface area contributed by atoms with Crippen LogP contribution in [0, 0.1) is 0 Å². The first-order valence-corrected chi connectivity index (χ1v) is 8.27.